The average Bonchev–Trinajstić information content (AvgIpc) is 3.10. The van der Waals surface area contributed by atoms with Gasteiger partial charge in [-0.05, 0) is 19.3 Å². The van der Waals surface area contributed by atoms with Crippen molar-refractivity contribution in [3.63, 3.8) is 0 Å². The Labute approximate surface area is 104 Å². The zero-order valence-electron chi connectivity index (χ0n) is 10.9. The first kappa shape index (κ1) is 12.6. The summed E-state index contributed by atoms with van der Waals surface area (Å²) in [6.45, 7) is 3.79. The van der Waals surface area contributed by atoms with Crippen molar-refractivity contribution >= 4 is 0 Å². The van der Waals surface area contributed by atoms with Gasteiger partial charge in [0.2, 0.25) is 0 Å². The maximum atomic E-state index is 5.71. The number of nitrogens with zero attached hydrogens (tertiary/aromatic N) is 3. The second kappa shape index (κ2) is 6.15. The van der Waals surface area contributed by atoms with Crippen LogP contribution in [0.2, 0.25) is 0 Å². The van der Waals surface area contributed by atoms with Crippen LogP contribution in [-0.2, 0) is 13.1 Å². The summed E-state index contributed by atoms with van der Waals surface area (Å²) in [6, 6.07) is 0. The molecule has 0 bridgehead atoms. The number of hydrogen-bond acceptors (Lipinski definition) is 3. The molecule has 96 valence electrons. The minimum absolute atomic E-state index is 0.529. The molecule has 0 aromatic carbocycles. The molecule has 0 atom stereocenters. The van der Waals surface area contributed by atoms with E-state index in [1.807, 2.05) is 0 Å². The maximum absolute atomic E-state index is 5.71. The highest BCUT2D eigenvalue weighted by Crippen LogP contribution is 2.41. The molecule has 2 rings (SSSR count). The van der Waals surface area contributed by atoms with Crippen molar-refractivity contribution in [2.45, 2.75) is 70.9 Å². The fraction of sp³-hybridized carbons (Fsp3) is 0.846. The molecule has 1 fully saturated rings. The SMILES string of the molecule is CCCCCCCn1nnc(CN)c1C1CC1. The first-order chi connectivity index (χ1) is 8.36. The van der Waals surface area contributed by atoms with Crippen molar-refractivity contribution in [1.29, 1.82) is 0 Å². The highest BCUT2D eigenvalue weighted by Gasteiger charge is 2.30. The van der Waals surface area contributed by atoms with Crippen molar-refractivity contribution in [3.05, 3.63) is 11.4 Å². The molecule has 1 aliphatic carbocycles. The molecule has 0 spiro atoms. The second-order valence-electron chi connectivity index (χ2n) is 5.04. The second-order valence-corrected chi connectivity index (χ2v) is 5.04. The summed E-state index contributed by atoms with van der Waals surface area (Å²) in [6.07, 6.45) is 9.08. The Kier molecular flexibility index (Phi) is 4.54. The fourth-order valence-electron chi connectivity index (χ4n) is 2.34. The van der Waals surface area contributed by atoms with E-state index in [1.54, 1.807) is 0 Å². The van der Waals surface area contributed by atoms with Gasteiger partial charge in [0.05, 0.1) is 11.4 Å². The molecular formula is C13H24N4. The van der Waals surface area contributed by atoms with Crippen molar-refractivity contribution in [2.24, 2.45) is 5.73 Å². The van der Waals surface area contributed by atoms with E-state index in [4.69, 9.17) is 5.73 Å². The van der Waals surface area contributed by atoms with Crippen LogP contribution in [-0.4, -0.2) is 15.0 Å². The van der Waals surface area contributed by atoms with Gasteiger partial charge >= 0.3 is 0 Å². The van der Waals surface area contributed by atoms with Gasteiger partial charge in [0.1, 0.15) is 0 Å². The van der Waals surface area contributed by atoms with E-state index >= 15 is 0 Å². The lowest BCUT2D eigenvalue weighted by Gasteiger charge is -2.06. The zero-order valence-corrected chi connectivity index (χ0v) is 10.9. The highest BCUT2D eigenvalue weighted by atomic mass is 15.4. The number of aryl methyl sites for hydroxylation is 1. The summed E-state index contributed by atoms with van der Waals surface area (Å²) >= 11 is 0. The number of hydrogen-bond donors (Lipinski definition) is 1. The quantitative estimate of drug-likeness (QED) is 0.706. The summed E-state index contributed by atoms with van der Waals surface area (Å²) < 4.78 is 2.10. The maximum Gasteiger partial charge on any atom is 0.0997 e. The van der Waals surface area contributed by atoms with Gasteiger partial charge in [-0.25, -0.2) is 4.68 Å². The standard InChI is InChI=1S/C13H24N4/c1-2-3-4-5-6-9-17-13(11-7-8-11)12(10-14)15-16-17/h11H,2-10,14H2,1H3. The van der Waals surface area contributed by atoms with Gasteiger partial charge in [-0.15, -0.1) is 5.10 Å². The Hall–Kier alpha value is -0.900. The van der Waals surface area contributed by atoms with Crippen LogP contribution in [0.15, 0.2) is 0 Å². The molecule has 0 aliphatic heterocycles. The lowest BCUT2D eigenvalue weighted by atomic mass is 10.1. The normalized spacial score (nSPS) is 15.4. The molecule has 17 heavy (non-hydrogen) atoms. The fourth-order valence-corrected chi connectivity index (χ4v) is 2.34. The van der Waals surface area contributed by atoms with Gasteiger partial charge in [0, 0.05) is 19.0 Å². The van der Waals surface area contributed by atoms with Crippen molar-refractivity contribution in [1.82, 2.24) is 15.0 Å². The molecule has 0 unspecified atom stereocenters. The third-order valence-electron chi connectivity index (χ3n) is 3.48. The number of aromatic nitrogens is 3. The van der Waals surface area contributed by atoms with Gasteiger partial charge in [0.15, 0.2) is 0 Å². The van der Waals surface area contributed by atoms with Gasteiger partial charge in [-0.1, -0.05) is 37.8 Å². The monoisotopic (exact) mass is 236 g/mol. The Morgan fingerprint density at radius 1 is 1.24 bits per heavy atom. The van der Waals surface area contributed by atoms with Crippen LogP contribution in [0.5, 0.6) is 0 Å². The van der Waals surface area contributed by atoms with Crippen molar-refractivity contribution < 1.29 is 0 Å². The lowest BCUT2D eigenvalue weighted by molar-refractivity contribution is 0.507. The zero-order chi connectivity index (χ0) is 12.1. The first-order valence-electron chi connectivity index (χ1n) is 6.99. The minimum Gasteiger partial charge on any atom is -0.325 e. The van der Waals surface area contributed by atoms with Crippen molar-refractivity contribution in [2.75, 3.05) is 0 Å². The highest BCUT2D eigenvalue weighted by molar-refractivity contribution is 5.20. The average molecular weight is 236 g/mol. The molecule has 0 saturated heterocycles. The van der Waals surface area contributed by atoms with Crippen LogP contribution in [0, 0.1) is 0 Å². The van der Waals surface area contributed by atoms with Crippen LogP contribution in [0.3, 0.4) is 0 Å². The molecule has 1 heterocycles. The lowest BCUT2D eigenvalue weighted by Crippen LogP contribution is -2.07. The predicted octanol–water partition coefficient (Wildman–Crippen LogP) is 2.58. The van der Waals surface area contributed by atoms with Crippen molar-refractivity contribution in [3.8, 4) is 0 Å². The number of nitrogens with two attached hydrogens (primary N) is 1. The largest absolute Gasteiger partial charge is 0.325 e. The predicted molar refractivity (Wildman–Crippen MR) is 68.6 cm³/mol. The van der Waals surface area contributed by atoms with E-state index in [1.165, 1.54) is 50.6 Å². The summed E-state index contributed by atoms with van der Waals surface area (Å²) in [5.74, 6) is 0.694. The molecule has 1 saturated carbocycles. The number of rotatable bonds is 8. The van der Waals surface area contributed by atoms with E-state index in [-0.39, 0.29) is 0 Å². The smallest absolute Gasteiger partial charge is 0.0997 e. The molecule has 4 nitrogen and oxygen atoms in total. The van der Waals surface area contributed by atoms with E-state index in [2.05, 4.69) is 21.9 Å². The molecule has 1 aromatic heterocycles. The van der Waals surface area contributed by atoms with Crippen LogP contribution in [0.1, 0.15) is 69.2 Å². The van der Waals surface area contributed by atoms with E-state index in [0.29, 0.717) is 12.5 Å². The van der Waals surface area contributed by atoms with Gasteiger partial charge in [0.25, 0.3) is 0 Å². The summed E-state index contributed by atoms with van der Waals surface area (Å²) in [7, 11) is 0. The summed E-state index contributed by atoms with van der Waals surface area (Å²) in [5, 5.41) is 8.45. The van der Waals surface area contributed by atoms with Gasteiger partial charge < -0.3 is 5.73 Å². The molecule has 4 heteroatoms. The van der Waals surface area contributed by atoms with Gasteiger partial charge in [-0.3, -0.25) is 0 Å². The summed E-state index contributed by atoms with van der Waals surface area (Å²) in [4.78, 5) is 0. The molecule has 0 radical (unpaired) electrons. The van der Waals surface area contributed by atoms with E-state index in [9.17, 15) is 0 Å². The number of unbranched alkanes of at least 4 members (excludes halogenated alkanes) is 4. The molecule has 1 aromatic rings. The van der Waals surface area contributed by atoms with E-state index < -0.39 is 0 Å². The minimum atomic E-state index is 0.529. The topological polar surface area (TPSA) is 56.7 Å². The van der Waals surface area contributed by atoms with Crippen LogP contribution < -0.4 is 5.73 Å². The van der Waals surface area contributed by atoms with E-state index in [0.717, 1.165) is 12.2 Å². The molecular weight excluding hydrogens is 212 g/mol. The Balaban J connectivity index is 1.85. The Bertz CT molecular complexity index is 341. The van der Waals surface area contributed by atoms with Crippen LogP contribution in [0.4, 0.5) is 0 Å². The molecule has 2 N–H and O–H groups in total. The van der Waals surface area contributed by atoms with Crippen LogP contribution in [0.25, 0.3) is 0 Å². The third-order valence-corrected chi connectivity index (χ3v) is 3.48. The molecule has 1 aliphatic rings. The first-order valence-corrected chi connectivity index (χ1v) is 6.99. The Morgan fingerprint density at radius 3 is 2.65 bits per heavy atom. The summed E-state index contributed by atoms with van der Waals surface area (Å²) in [5.41, 5.74) is 8.05. The Morgan fingerprint density at radius 2 is 2.00 bits per heavy atom. The van der Waals surface area contributed by atoms with Gasteiger partial charge in [-0.2, -0.15) is 0 Å². The third kappa shape index (κ3) is 3.28. The molecule has 0 amide bonds. The van der Waals surface area contributed by atoms with Crippen LogP contribution >= 0.6 is 0 Å².